The molecule has 4 nitrogen and oxygen atoms in total. The highest BCUT2D eigenvalue weighted by Crippen LogP contribution is 2.29. The van der Waals surface area contributed by atoms with Gasteiger partial charge >= 0.3 is 0 Å². The van der Waals surface area contributed by atoms with Crippen molar-refractivity contribution in [3.8, 4) is 0 Å². The topological polar surface area (TPSA) is 72.3 Å². The second-order valence-electron chi connectivity index (χ2n) is 4.66. The molecule has 0 aliphatic carbocycles. The van der Waals surface area contributed by atoms with Crippen LogP contribution in [-0.4, -0.2) is 19.0 Å². The van der Waals surface area contributed by atoms with Gasteiger partial charge in [-0.25, -0.2) is 0 Å². The molecule has 1 heterocycles. The predicted molar refractivity (Wildman–Crippen MR) is 76.2 cm³/mol. The Hall–Kier alpha value is -1.07. The second kappa shape index (κ2) is 5.71. The first-order valence-electron chi connectivity index (χ1n) is 6.14. The van der Waals surface area contributed by atoms with Crippen LogP contribution in [0.4, 0.5) is 5.69 Å². The summed E-state index contributed by atoms with van der Waals surface area (Å²) in [6.07, 6.45) is 1.88. The summed E-state index contributed by atoms with van der Waals surface area (Å²) in [6.45, 7) is 2.15. The Kier molecular flexibility index (Phi) is 4.24. The molecule has 18 heavy (non-hydrogen) atoms. The highest BCUT2D eigenvalue weighted by Gasteiger charge is 2.25. The molecule has 1 amide bonds. The number of primary amides is 1. The van der Waals surface area contributed by atoms with Crippen molar-refractivity contribution in [2.45, 2.75) is 19.4 Å². The molecule has 1 aliphatic rings. The van der Waals surface area contributed by atoms with Gasteiger partial charge in [0.2, 0.25) is 5.91 Å². The summed E-state index contributed by atoms with van der Waals surface area (Å²) >= 11 is 3.48. The van der Waals surface area contributed by atoms with Gasteiger partial charge in [-0.15, -0.1) is 0 Å². The summed E-state index contributed by atoms with van der Waals surface area (Å²) in [7, 11) is 0. The van der Waals surface area contributed by atoms with E-state index in [1.54, 1.807) is 0 Å². The van der Waals surface area contributed by atoms with E-state index in [1.165, 1.54) is 0 Å². The van der Waals surface area contributed by atoms with E-state index in [2.05, 4.69) is 26.9 Å². The molecule has 0 aromatic heterocycles. The maximum Gasteiger partial charge on any atom is 0.222 e. The fourth-order valence-electron chi connectivity index (χ4n) is 2.43. The summed E-state index contributed by atoms with van der Waals surface area (Å²) < 4.78 is 1.02. The molecule has 1 aromatic rings. The third kappa shape index (κ3) is 2.84. The van der Waals surface area contributed by atoms with Gasteiger partial charge in [0.1, 0.15) is 0 Å². The molecular weight excluding hydrogens is 294 g/mol. The van der Waals surface area contributed by atoms with Gasteiger partial charge in [0.05, 0.1) is 5.92 Å². The number of hydrogen-bond donors (Lipinski definition) is 2. The molecule has 98 valence electrons. The largest absolute Gasteiger partial charge is 0.370 e. The van der Waals surface area contributed by atoms with Crippen LogP contribution in [0.25, 0.3) is 0 Å². The summed E-state index contributed by atoms with van der Waals surface area (Å²) in [5.74, 6) is -0.257. The molecule has 0 spiro atoms. The van der Waals surface area contributed by atoms with Crippen molar-refractivity contribution in [3.63, 3.8) is 0 Å². The Bertz CT molecular complexity index is 450. The number of amides is 1. The number of halogens is 1. The zero-order chi connectivity index (χ0) is 13.1. The number of benzene rings is 1. The van der Waals surface area contributed by atoms with E-state index in [0.29, 0.717) is 13.1 Å². The molecule has 4 N–H and O–H groups in total. The van der Waals surface area contributed by atoms with Crippen molar-refractivity contribution in [2.24, 2.45) is 17.4 Å². The van der Waals surface area contributed by atoms with E-state index in [0.717, 1.165) is 35.1 Å². The van der Waals surface area contributed by atoms with Gasteiger partial charge < -0.3 is 16.4 Å². The number of carbonyl (C=O) groups is 1. The molecule has 2 rings (SSSR count). The van der Waals surface area contributed by atoms with Crippen molar-refractivity contribution >= 4 is 27.5 Å². The Morgan fingerprint density at radius 1 is 1.50 bits per heavy atom. The van der Waals surface area contributed by atoms with Crippen molar-refractivity contribution in [1.82, 2.24) is 0 Å². The minimum atomic E-state index is -0.205. The molecule has 1 unspecified atom stereocenters. The van der Waals surface area contributed by atoms with E-state index >= 15 is 0 Å². The maximum atomic E-state index is 11.3. The first-order valence-corrected chi connectivity index (χ1v) is 6.94. The minimum absolute atomic E-state index is 0.0524. The molecule has 1 aliphatic heterocycles. The van der Waals surface area contributed by atoms with Gasteiger partial charge in [0, 0.05) is 29.8 Å². The predicted octanol–water partition coefficient (Wildman–Crippen LogP) is 1.61. The number of hydrogen-bond acceptors (Lipinski definition) is 3. The van der Waals surface area contributed by atoms with Crippen LogP contribution < -0.4 is 16.4 Å². The van der Waals surface area contributed by atoms with Gasteiger partial charge in [-0.1, -0.05) is 22.0 Å². The van der Waals surface area contributed by atoms with Crippen LogP contribution in [0.1, 0.15) is 18.4 Å². The van der Waals surface area contributed by atoms with Crippen LogP contribution in [0.5, 0.6) is 0 Å². The van der Waals surface area contributed by atoms with Gasteiger partial charge in [-0.2, -0.15) is 0 Å². The third-order valence-electron chi connectivity index (χ3n) is 3.43. The number of rotatable bonds is 3. The van der Waals surface area contributed by atoms with Crippen LogP contribution in [0.15, 0.2) is 22.7 Å². The molecule has 1 aromatic carbocycles. The first kappa shape index (κ1) is 13.4. The van der Waals surface area contributed by atoms with E-state index in [4.69, 9.17) is 11.5 Å². The quantitative estimate of drug-likeness (QED) is 0.890. The number of piperidine rings is 1. The fraction of sp³-hybridized carbons (Fsp3) is 0.462. The smallest absolute Gasteiger partial charge is 0.222 e. The number of nitrogens with zero attached hydrogens (tertiary/aromatic N) is 1. The average Bonchev–Trinajstić information content (AvgIpc) is 2.39. The van der Waals surface area contributed by atoms with Gasteiger partial charge in [0.25, 0.3) is 0 Å². The van der Waals surface area contributed by atoms with Crippen LogP contribution in [0.2, 0.25) is 0 Å². The lowest BCUT2D eigenvalue weighted by Crippen LogP contribution is -2.41. The highest BCUT2D eigenvalue weighted by molar-refractivity contribution is 9.10. The monoisotopic (exact) mass is 311 g/mol. The zero-order valence-electron chi connectivity index (χ0n) is 10.2. The second-order valence-corrected chi connectivity index (χ2v) is 5.58. The van der Waals surface area contributed by atoms with Gasteiger partial charge in [-0.3, -0.25) is 4.79 Å². The lowest BCUT2D eigenvalue weighted by atomic mass is 9.96. The van der Waals surface area contributed by atoms with E-state index in [9.17, 15) is 4.79 Å². The Morgan fingerprint density at radius 2 is 2.28 bits per heavy atom. The third-order valence-corrected chi connectivity index (χ3v) is 3.92. The minimum Gasteiger partial charge on any atom is -0.370 e. The van der Waals surface area contributed by atoms with Crippen LogP contribution in [0, 0.1) is 5.92 Å². The lowest BCUT2D eigenvalue weighted by Gasteiger charge is -2.34. The Balaban J connectivity index is 2.25. The maximum absolute atomic E-state index is 11.3. The fourth-order valence-corrected chi connectivity index (χ4v) is 2.78. The Morgan fingerprint density at radius 3 is 2.94 bits per heavy atom. The molecule has 0 saturated carbocycles. The Labute approximate surface area is 115 Å². The van der Waals surface area contributed by atoms with Gasteiger partial charge in [0.15, 0.2) is 0 Å². The molecule has 1 saturated heterocycles. The summed E-state index contributed by atoms with van der Waals surface area (Å²) in [4.78, 5) is 13.5. The zero-order valence-corrected chi connectivity index (χ0v) is 11.8. The molecule has 5 heteroatoms. The van der Waals surface area contributed by atoms with E-state index in [-0.39, 0.29) is 11.8 Å². The molecule has 1 fully saturated rings. The summed E-state index contributed by atoms with van der Waals surface area (Å²) in [5, 5.41) is 0. The van der Waals surface area contributed by atoms with Gasteiger partial charge in [-0.05, 0) is 30.5 Å². The van der Waals surface area contributed by atoms with Crippen molar-refractivity contribution in [2.75, 3.05) is 18.0 Å². The first-order chi connectivity index (χ1) is 8.61. The average molecular weight is 312 g/mol. The summed E-state index contributed by atoms with van der Waals surface area (Å²) in [5.41, 5.74) is 13.4. The normalized spacial score (nSPS) is 19.9. The molecular formula is C13H18BrN3O. The van der Waals surface area contributed by atoms with Crippen LogP contribution in [0.3, 0.4) is 0 Å². The molecule has 1 atom stereocenters. The summed E-state index contributed by atoms with van der Waals surface area (Å²) in [6, 6.07) is 6.07. The van der Waals surface area contributed by atoms with Crippen molar-refractivity contribution in [3.05, 3.63) is 28.2 Å². The number of carbonyl (C=O) groups excluding carboxylic acids is 1. The molecule has 0 radical (unpaired) electrons. The standard InChI is InChI=1S/C13H18BrN3O/c14-11-4-3-9(7-15)12(6-11)17-5-1-2-10(8-17)13(16)18/h3-4,6,10H,1-2,5,7-8,15H2,(H2,16,18). The van der Waals surface area contributed by atoms with Crippen molar-refractivity contribution in [1.29, 1.82) is 0 Å². The molecule has 0 bridgehead atoms. The van der Waals surface area contributed by atoms with Crippen LogP contribution in [-0.2, 0) is 11.3 Å². The lowest BCUT2D eigenvalue weighted by molar-refractivity contribution is -0.122. The van der Waals surface area contributed by atoms with E-state index < -0.39 is 0 Å². The van der Waals surface area contributed by atoms with E-state index in [1.807, 2.05) is 12.1 Å². The van der Waals surface area contributed by atoms with Crippen LogP contribution >= 0.6 is 15.9 Å². The number of nitrogens with two attached hydrogens (primary N) is 2. The SMILES string of the molecule is NCc1ccc(Br)cc1N1CCCC(C(N)=O)C1. The number of anilines is 1. The van der Waals surface area contributed by atoms with Crippen molar-refractivity contribution < 1.29 is 4.79 Å². The highest BCUT2D eigenvalue weighted by atomic mass is 79.9.